The number of hydrogen-bond acceptors (Lipinski definition) is 4. The summed E-state index contributed by atoms with van der Waals surface area (Å²) in [6.07, 6.45) is 0. The van der Waals surface area contributed by atoms with E-state index in [2.05, 4.69) is 15.5 Å². The summed E-state index contributed by atoms with van der Waals surface area (Å²) in [6.45, 7) is 0. The van der Waals surface area contributed by atoms with Gasteiger partial charge in [-0.1, -0.05) is 35.5 Å². The fourth-order valence-corrected chi connectivity index (χ4v) is 3.73. The molecule has 0 unspecified atom stereocenters. The second-order valence-corrected chi connectivity index (χ2v) is 7.82. The van der Waals surface area contributed by atoms with Gasteiger partial charge in [0, 0.05) is 16.3 Å². The molecule has 0 aliphatic carbocycles. The third-order valence-corrected chi connectivity index (χ3v) is 5.48. The van der Waals surface area contributed by atoms with Crippen molar-refractivity contribution in [2.24, 2.45) is 0 Å². The molecule has 0 saturated heterocycles. The van der Waals surface area contributed by atoms with Crippen LogP contribution in [0.5, 0.6) is 0 Å². The average Bonchev–Trinajstić information content (AvgIpc) is 3.19. The minimum atomic E-state index is -0.514. The number of aromatic nitrogens is 3. The number of thioether (sulfide) groups is 1. The van der Waals surface area contributed by atoms with E-state index in [0.29, 0.717) is 21.7 Å². The van der Waals surface area contributed by atoms with Gasteiger partial charge in [-0.3, -0.25) is 9.36 Å². The molecule has 0 atom stereocenters. The molecule has 1 aromatic heterocycles. The number of carbonyl (C=O) groups excluding carboxylic acids is 1. The Labute approximate surface area is 186 Å². The smallest absolute Gasteiger partial charge is 0.234 e. The molecular formula is C22H15ClF2N4OS. The van der Waals surface area contributed by atoms with Crippen molar-refractivity contribution in [3.8, 4) is 17.1 Å². The van der Waals surface area contributed by atoms with Crippen LogP contribution in [0, 0.1) is 11.6 Å². The predicted molar refractivity (Wildman–Crippen MR) is 118 cm³/mol. The molecule has 9 heteroatoms. The number of nitrogens with zero attached hydrogens (tertiary/aromatic N) is 3. The van der Waals surface area contributed by atoms with Crippen molar-refractivity contribution in [3.63, 3.8) is 0 Å². The van der Waals surface area contributed by atoms with Crippen molar-refractivity contribution in [2.75, 3.05) is 11.1 Å². The Morgan fingerprint density at radius 1 is 0.968 bits per heavy atom. The van der Waals surface area contributed by atoms with Gasteiger partial charge in [0.1, 0.15) is 11.6 Å². The zero-order valence-corrected chi connectivity index (χ0v) is 17.5. The average molecular weight is 457 g/mol. The number of hydrogen-bond donors (Lipinski definition) is 1. The van der Waals surface area contributed by atoms with E-state index in [9.17, 15) is 13.6 Å². The van der Waals surface area contributed by atoms with E-state index in [1.807, 2.05) is 0 Å². The normalized spacial score (nSPS) is 10.8. The lowest BCUT2D eigenvalue weighted by molar-refractivity contribution is -0.113. The lowest BCUT2D eigenvalue weighted by Crippen LogP contribution is -2.15. The Morgan fingerprint density at radius 3 is 2.39 bits per heavy atom. The first kappa shape index (κ1) is 21.0. The Hall–Kier alpha value is -3.23. The maximum atomic E-state index is 13.8. The van der Waals surface area contributed by atoms with Crippen molar-refractivity contribution in [2.45, 2.75) is 5.16 Å². The van der Waals surface area contributed by atoms with Crippen LogP contribution in [0.15, 0.2) is 78.0 Å². The monoisotopic (exact) mass is 456 g/mol. The highest BCUT2D eigenvalue weighted by molar-refractivity contribution is 7.99. The maximum absolute atomic E-state index is 13.8. The molecule has 31 heavy (non-hydrogen) atoms. The van der Waals surface area contributed by atoms with Gasteiger partial charge in [0.05, 0.1) is 11.4 Å². The van der Waals surface area contributed by atoms with Crippen LogP contribution < -0.4 is 5.32 Å². The number of amides is 1. The van der Waals surface area contributed by atoms with Gasteiger partial charge in [0.2, 0.25) is 5.91 Å². The quantitative estimate of drug-likeness (QED) is 0.384. The molecule has 4 rings (SSSR count). The SMILES string of the molecule is O=C(CSc1nnc(-c2ccc(Cl)cc2)n1-c1ccc(F)cc1)Nc1ccccc1F. The minimum Gasteiger partial charge on any atom is -0.323 e. The molecule has 0 aliphatic rings. The summed E-state index contributed by atoms with van der Waals surface area (Å²) in [5.41, 5.74) is 1.49. The van der Waals surface area contributed by atoms with Crippen molar-refractivity contribution in [3.05, 3.63) is 89.5 Å². The molecule has 0 saturated carbocycles. The predicted octanol–water partition coefficient (Wildman–Crippen LogP) is 5.60. The lowest BCUT2D eigenvalue weighted by Gasteiger charge is -2.11. The first-order valence-electron chi connectivity index (χ1n) is 9.16. The highest BCUT2D eigenvalue weighted by Gasteiger charge is 2.18. The zero-order chi connectivity index (χ0) is 21.8. The number of halogens is 3. The Kier molecular flexibility index (Phi) is 6.29. The van der Waals surface area contributed by atoms with Crippen LogP contribution >= 0.6 is 23.4 Å². The van der Waals surface area contributed by atoms with Crippen molar-refractivity contribution in [1.29, 1.82) is 0 Å². The van der Waals surface area contributed by atoms with E-state index in [-0.39, 0.29) is 17.3 Å². The van der Waals surface area contributed by atoms with Gasteiger partial charge in [-0.25, -0.2) is 8.78 Å². The molecule has 0 spiro atoms. The number of carbonyl (C=O) groups is 1. The molecule has 0 aliphatic heterocycles. The largest absolute Gasteiger partial charge is 0.323 e. The fraction of sp³-hybridized carbons (Fsp3) is 0.0455. The molecule has 5 nitrogen and oxygen atoms in total. The van der Waals surface area contributed by atoms with E-state index in [4.69, 9.17) is 11.6 Å². The first-order chi connectivity index (χ1) is 15.0. The number of rotatable bonds is 6. The standard InChI is InChI=1S/C22H15ClF2N4OS/c23-15-7-5-14(6-8-15)21-27-28-22(29(21)17-11-9-16(24)10-12-17)31-13-20(30)26-19-4-2-1-3-18(19)25/h1-12H,13H2,(H,26,30). The summed E-state index contributed by atoms with van der Waals surface area (Å²) in [5.74, 6) is -0.783. The molecular weight excluding hydrogens is 442 g/mol. The molecule has 1 N–H and O–H groups in total. The summed E-state index contributed by atoms with van der Waals surface area (Å²) < 4.78 is 28.9. The second-order valence-electron chi connectivity index (χ2n) is 6.44. The van der Waals surface area contributed by atoms with E-state index in [1.54, 1.807) is 53.1 Å². The van der Waals surface area contributed by atoms with E-state index in [0.717, 1.165) is 17.3 Å². The summed E-state index contributed by atoms with van der Waals surface area (Å²) in [6, 6.07) is 18.9. The van der Waals surface area contributed by atoms with Crippen LogP contribution in [0.2, 0.25) is 5.02 Å². The highest BCUT2D eigenvalue weighted by Crippen LogP contribution is 2.29. The van der Waals surface area contributed by atoms with Crippen molar-refractivity contribution < 1.29 is 13.6 Å². The summed E-state index contributed by atoms with van der Waals surface area (Å²) in [4.78, 5) is 12.3. The van der Waals surface area contributed by atoms with Gasteiger partial charge >= 0.3 is 0 Å². The number of benzene rings is 3. The Morgan fingerprint density at radius 2 is 1.68 bits per heavy atom. The number of anilines is 1. The van der Waals surface area contributed by atoms with Crippen LogP contribution in [-0.4, -0.2) is 26.4 Å². The topological polar surface area (TPSA) is 59.8 Å². The molecule has 1 heterocycles. The van der Waals surface area contributed by atoms with Crippen LogP contribution in [-0.2, 0) is 4.79 Å². The lowest BCUT2D eigenvalue weighted by atomic mass is 10.2. The van der Waals surface area contributed by atoms with Gasteiger partial charge in [0.25, 0.3) is 0 Å². The van der Waals surface area contributed by atoms with E-state index < -0.39 is 11.7 Å². The molecule has 1 amide bonds. The van der Waals surface area contributed by atoms with Gasteiger partial charge in [-0.05, 0) is 60.7 Å². The third-order valence-electron chi connectivity index (χ3n) is 4.30. The van der Waals surface area contributed by atoms with E-state index in [1.165, 1.54) is 24.3 Å². The summed E-state index contributed by atoms with van der Waals surface area (Å²) >= 11 is 7.11. The molecule has 3 aromatic carbocycles. The number of para-hydroxylation sites is 1. The van der Waals surface area contributed by atoms with E-state index >= 15 is 0 Å². The van der Waals surface area contributed by atoms with Crippen LogP contribution in [0.1, 0.15) is 0 Å². The minimum absolute atomic E-state index is 0.0196. The third kappa shape index (κ3) is 4.92. The molecule has 0 fully saturated rings. The fourth-order valence-electron chi connectivity index (χ4n) is 2.85. The highest BCUT2D eigenvalue weighted by atomic mass is 35.5. The maximum Gasteiger partial charge on any atom is 0.234 e. The van der Waals surface area contributed by atoms with Crippen LogP contribution in [0.3, 0.4) is 0 Å². The second kappa shape index (κ2) is 9.28. The van der Waals surface area contributed by atoms with Gasteiger partial charge in [-0.2, -0.15) is 0 Å². The molecule has 4 aromatic rings. The first-order valence-corrected chi connectivity index (χ1v) is 10.5. The van der Waals surface area contributed by atoms with Crippen molar-refractivity contribution >= 4 is 35.0 Å². The molecule has 0 radical (unpaired) electrons. The molecule has 156 valence electrons. The zero-order valence-electron chi connectivity index (χ0n) is 15.9. The Bertz CT molecular complexity index is 1210. The summed E-state index contributed by atoms with van der Waals surface area (Å²) in [7, 11) is 0. The van der Waals surface area contributed by atoms with Gasteiger partial charge < -0.3 is 5.32 Å². The van der Waals surface area contributed by atoms with Crippen LogP contribution in [0.4, 0.5) is 14.5 Å². The van der Waals surface area contributed by atoms with Crippen molar-refractivity contribution in [1.82, 2.24) is 14.8 Å². The van der Waals surface area contributed by atoms with Gasteiger partial charge in [0.15, 0.2) is 11.0 Å². The number of nitrogens with one attached hydrogen (secondary N) is 1. The Balaban J connectivity index is 1.61. The summed E-state index contributed by atoms with van der Waals surface area (Å²) in [5, 5.41) is 12.0. The van der Waals surface area contributed by atoms with Gasteiger partial charge in [-0.15, -0.1) is 10.2 Å². The molecule has 0 bridgehead atoms. The van der Waals surface area contributed by atoms with Crippen LogP contribution in [0.25, 0.3) is 17.1 Å².